The standard InChI is InChI=1S/C13H23N3/c1-11(2)15-6-8-16(9-7-15)13-5-3-4-12(13)10-14/h11-13H,3-9H2,1-2H3. The van der Waals surface area contributed by atoms with E-state index in [-0.39, 0.29) is 0 Å². The Hall–Kier alpha value is -0.590. The monoisotopic (exact) mass is 221 g/mol. The van der Waals surface area contributed by atoms with Crippen LogP contribution < -0.4 is 0 Å². The average molecular weight is 221 g/mol. The number of rotatable bonds is 2. The maximum atomic E-state index is 9.12. The first-order valence-corrected chi connectivity index (χ1v) is 6.60. The molecule has 0 aromatic rings. The quantitative estimate of drug-likeness (QED) is 0.711. The van der Waals surface area contributed by atoms with E-state index in [4.69, 9.17) is 5.26 Å². The van der Waals surface area contributed by atoms with E-state index < -0.39 is 0 Å². The molecule has 0 radical (unpaired) electrons. The van der Waals surface area contributed by atoms with Crippen LogP contribution in [0.5, 0.6) is 0 Å². The van der Waals surface area contributed by atoms with Crippen molar-refractivity contribution in [3.8, 4) is 6.07 Å². The molecule has 90 valence electrons. The van der Waals surface area contributed by atoms with Crippen molar-refractivity contribution < 1.29 is 0 Å². The van der Waals surface area contributed by atoms with Gasteiger partial charge in [-0.25, -0.2) is 0 Å². The van der Waals surface area contributed by atoms with E-state index in [0.29, 0.717) is 18.0 Å². The summed E-state index contributed by atoms with van der Waals surface area (Å²) in [6.45, 7) is 9.19. The lowest BCUT2D eigenvalue weighted by Crippen LogP contribution is -2.52. The minimum absolute atomic E-state index is 0.297. The maximum Gasteiger partial charge on any atom is 0.0672 e. The first kappa shape index (κ1) is 11.9. The number of hydrogen-bond acceptors (Lipinski definition) is 3. The fraction of sp³-hybridized carbons (Fsp3) is 0.923. The third-order valence-corrected chi connectivity index (χ3v) is 4.19. The van der Waals surface area contributed by atoms with E-state index >= 15 is 0 Å². The topological polar surface area (TPSA) is 30.3 Å². The van der Waals surface area contributed by atoms with E-state index in [1.807, 2.05) is 0 Å². The van der Waals surface area contributed by atoms with Gasteiger partial charge in [-0.2, -0.15) is 5.26 Å². The summed E-state index contributed by atoms with van der Waals surface area (Å²) < 4.78 is 0. The molecule has 0 aromatic carbocycles. The normalized spacial score (nSPS) is 33.1. The van der Waals surface area contributed by atoms with Crippen LogP contribution in [-0.2, 0) is 0 Å². The highest BCUT2D eigenvalue weighted by Gasteiger charge is 2.33. The highest BCUT2D eigenvalue weighted by molar-refractivity contribution is 4.98. The molecule has 0 aromatic heterocycles. The Kier molecular flexibility index (Phi) is 3.83. The fourth-order valence-corrected chi connectivity index (χ4v) is 3.11. The van der Waals surface area contributed by atoms with Crippen molar-refractivity contribution in [1.29, 1.82) is 5.26 Å². The lowest BCUT2D eigenvalue weighted by Gasteiger charge is -2.40. The summed E-state index contributed by atoms with van der Waals surface area (Å²) >= 11 is 0. The van der Waals surface area contributed by atoms with E-state index in [0.717, 1.165) is 19.5 Å². The summed E-state index contributed by atoms with van der Waals surface area (Å²) in [4.78, 5) is 5.09. The van der Waals surface area contributed by atoms with E-state index in [1.54, 1.807) is 0 Å². The van der Waals surface area contributed by atoms with Crippen molar-refractivity contribution in [2.75, 3.05) is 26.2 Å². The van der Waals surface area contributed by atoms with Crippen LogP contribution in [0.3, 0.4) is 0 Å². The lowest BCUT2D eigenvalue weighted by atomic mass is 10.0. The summed E-state index contributed by atoms with van der Waals surface area (Å²) in [5.41, 5.74) is 0. The van der Waals surface area contributed by atoms with Gasteiger partial charge in [-0.15, -0.1) is 0 Å². The van der Waals surface area contributed by atoms with Crippen molar-refractivity contribution >= 4 is 0 Å². The second-order valence-electron chi connectivity index (χ2n) is 5.40. The molecule has 1 heterocycles. The van der Waals surface area contributed by atoms with Gasteiger partial charge >= 0.3 is 0 Å². The zero-order chi connectivity index (χ0) is 11.5. The minimum atomic E-state index is 0.297. The predicted molar refractivity (Wildman–Crippen MR) is 65.0 cm³/mol. The molecule has 1 saturated carbocycles. The van der Waals surface area contributed by atoms with Crippen LogP contribution in [0.15, 0.2) is 0 Å². The molecule has 16 heavy (non-hydrogen) atoms. The summed E-state index contributed by atoms with van der Waals surface area (Å²) in [6, 6.07) is 3.71. The highest BCUT2D eigenvalue weighted by Crippen LogP contribution is 2.30. The van der Waals surface area contributed by atoms with Crippen LogP contribution in [0.2, 0.25) is 0 Å². The van der Waals surface area contributed by atoms with Gasteiger partial charge in [0.1, 0.15) is 0 Å². The molecular formula is C13H23N3. The van der Waals surface area contributed by atoms with Gasteiger partial charge in [0.15, 0.2) is 0 Å². The molecule has 0 bridgehead atoms. The molecule has 0 spiro atoms. The van der Waals surface area contributed by atoms with Gasteiger partial charge in [0.2, 0.25) is 0 Å². The van der Waals surface area contributed by atoms with Gasteiger partial charge in [-0.3, -0.25) is 9.80 Å². The van der Waals surface area contributed by atoms with Gasteiger partial charge in [0.25, 0.3) is 0 Å². The highest BCUT2D eigenvalue weighted by atomic mass is 15.3. The molecule has 3 heteroatoms. The van der Waals surface area contributed by atoms with Crippen LogP contribution in [-0.4, -0.2) is 48.1 Å². The first-order valence-electron chi connectivity index (χ1n) is 6.60. The van der Waals surface area contributed by atoms with E-state index in [2.05, 4.69) is 29.7 Å². The first-order chi connectivity index (χ1) is 7.72. The lowest BCUT2D eigenvalue weighted by molar-refractivity contribution is 0.0718. The molecular weight excluding hydrogens is 198 g/mol. The molecule has 1 aliphatic carbocycles. The molecule has 2 atom stereocenters. The van der Waals surface area contributed by atoms with Crippen LogP contribution in [0.1, 0.15) is 33.1 Å². The van der Waals surface area contributed by atoms with Crippen molar-refractivity contribution in [2.45, 2.75) is 45.2 Å². The second-order valence-corrected chi connectivity index (χ2v) is 5.40. The molecule has 0 N–H and O–H groups in total. The summed E-state index contributed by atoms with van der Waals surface area (Å²) in [5.74, 6) is 0.297. The number of hydrogen-bond donors (Lipinski definition) is 0. The zero-order valence-electron chi connectivity index (χ0n) is 10.5. The summed E-state index contributed by atoms with van der Waals surface area (Å²) in [7, 11) is 0. The fourth-order valence-electron chi connectivity index (χ4n) is 3.11. The number of piperazine rings is 1. The van der Waals surface area contributed by atoms with Gasteiger partial charge < -0.3 is 0 Å². The molecule has 2 aliphatic rings. The summed E-state index contributed by atoms with van der Waals surface area (Å²) in [5, 5.41) is 9.12. The Morgan fingerprint density at radius 3 is 2.38 bits per heavy atom. The molecule has 1 aliphatic heterocycles. The third kappa shape index (κ3) is 2.39. The van der Waals surface area contributed by atoms with E-state index in [1.165, 1.54) is 25.9 Å². The van der Waals surface area contributed by atoms with Crippen LogP contribution >= 0.6 is 0 Å². The molecule has 1 saturated heterocycles. The Morgan fingerprint density at radius 1 is 1.12 bits per heavy atom. The Balaban J connectivity index is 1.87. The predicted octanol–water partition coefficient (Wildman–Crippen LogP) is 1.70. The van der Waals surface area contributed by atoms with Gasteiger partial charge in [-0.1, -0.05) is 6.42 Å². The van der Waals surface area contributed by atoms with Gasteiger partial charge in [0, 0.05) is 38.3 Å². The zero-order valence-corrected chi connectivity index (χ0v) is 10.5. The summed E-state index contributed by atoms with van der Waals surface area (Å²) in [6.07, 6.45) is 3.60. The molecule has 2 rings (SSSR count). The third-order valence-electron chi connectivity index (χ3n) is 4.19. The van der Waals surface area contributed by atoms with Gasteiger partial charge in [-0.05, 0) is 26.7 Å². The van der Waals surface area contributed by atoms with Crippen molar-refractivity contribution in [3.05, 3.63) is 0 Å². The Morgan fingerprint density at radius 2 is 1.81 bits per heavy atom. The SMILES string of the molecule is CC(C)N1CCN(C2CCCC2C#N)CC1. The maximum absolute atomic E-state index is 9.12. The average Bonchev–Trinajstić information content (AvgIpc) is 2.77. The molecule has 2 unspecified atom stereocenters. The Bertz CT molecular complexity index is 261. The molecule has 3 nitrogen and oxygen atoms in total. The Labute approximate surface area is 99.0 Å². The number of nitrogens with zero attached hydrogens (tertiary/aromatic N) is 3. The minimum Gasteiger partial charge on any atom is -0.298 e. The van der Waals surface area contributed by atoms with Crippen LogP contribution in [0, 0.1) is 17.2 Å². The second kappa shape index (κ2) is 5.16. The van der Waals surface area contributed by atoms with Crippen molar-refractivity contribution in [1.82, 2.24) is 9.80 Å². The van der Waals surface area contributed by atoms with E-state index in [9.17, 15) is 0 Å². The largest absolute Gasteiger partial charge is 0.298 e. The number of nitriles is 1. The molecule has 2 fully saturated rings. The van der Waals surface area contributed by atoms with Gasteiger partial charge in [0.05, 0.1) is 12.0 Å². The smallest absolute Gasteiger partial charge is 0.0672 e. The molecule has 0 amide bonds. The van der Waals surface area contributed by atoms with Crippen LogP contribution in [0.25, 0.3) is 0 Å². The van der Waals surface area contributed by atoms with Crippen LogP contribution in [0.4, 0.5) is 0 Å². The van der Waals surface area contributed by atoms with Crippen molar-refractivity contribution in [3.63, 3.8) is 0 Å². The van der Waals surface area contributed by atoms with Crippen molar-refractivity contribution in [2.24, 2.45) is 5.92 Å².